The van der Waals surface area contributed by atoms with Crippen LogP contribution in [0.5, 0.6) is 11.5 Å². The van der Waals surface area contributed by atoms with Gasteiger partial charge in [-0.1, -0.05) is 0 Å². The molecule has 0 aromatic heterocycles. The number of rotatable bonds is 17. The van der Waals surface area contributed by atoms with Crippen molar-refractivity contribution in [2.75, 3.05) is 39.5 Å². The number of benzene rings is 4. The van der Waals surface area contributed by atoms with E-state index < -0.39 is 9.85 Å². The molecule has 48 heavy (non-hydrogen) atoms. The number of phenols is 2. The maximum absolute atomic E-state index is 10.7. The predicted octanol–water partition coefficient (Wildman–Crippen LogP) is 7.32. The summed E-state index contributed by atoms with van der Waals surface area (Å²) in [5.74, 6) is -0.0437. The minimum absolute atomic E-state index is 0.0218. The first kappa shape index (κ1) is 34.6. The van der Waals surface area contributed by atoms with Gasteiger partial charge in [0.15, 0.2) is 0 Å². The summed E-state index contributed by atoms with van der Waals surface area (Å²) in [5, 5.41) is 58.1. The zero-order chi connectivity index (χ0) is 34.1. The van der Waals surface area contributed by atoms with Crippen molar-refractivity contribution in [2.24, 2.45) is 30.4 Å². The van der Waals surface area contributed by atoms with Gasteiger partial charge in [0.25, 0.3) is 11.4 Å². The van der Waals surface area contributed by atoms with E-state index in [0.29, 0.717) is 73.4 Å². The number of nitro benzene ring substituents is 2. The van der Waals surface area contributed by atoms with Crippen molar-refractivity contribution >= 4 is 46.6 Å². The van der Waals surface area contributed by atoms with Gasteiger partial charge < -0.3 is 19.7 Å². The van der Waals surface area contributed by atoms with Gasteiger partial charge in [-0.3, -0.25) is 30.2 Å². The number of phenolic OH excluding ortho intramolecular Hbond substituents is 2. The van der Waals surface area contributed by atoms with Gasteiger partial charge in [0.2, 0.25) is 0 Å². The molecular formula is C32H30N8O8. The largest absolute Gasteiger partial charge is 0.507 e. The molecule has 0 fully saturated rings. The van der Waals surface area contributed by atoms with E-state index in [1.165, 1.54) is 73.1 Å². The number of hydrogen-bond acceptors (Lipinski definition) is 14. The van der Waals surface area contributed by atoms with Gasteiger partial charge in [0.05, 0.1) is 72.1 Å². The predicted molar refractivity (Wildman–Crippen MR) is 177 cm³/mol. The third-order valence-corrected chi connectivity index (χ3v) is 6.27. The molecule has 16 heteroatoms. The third kappa shape index (κ3) is 11.3. The standard InChI is InChI=1S/C32H30N8O8/c41-31-19-27(37-35-25-5-9-29(10-6-25)39(43)44)3-1-23(31)21-33-13-15-47-17-18-48-16-14-34-22-24-2-4-28(20-32(24)42)38-36-26-7-11-30(12-8-26)40(45)46/h1-12,19-22,41-42H,13-18H2. The van der Waals surface area contributed by atoms with Crippen LogP contribution in [-0.4, -0.2) is 72.0 Å². The van der Waals surface area contributed by atoms with Crippen LogP contribution in [0.3, 0.4) is 0 Å². The maximum atomic E-state index is 10.7. The Balaban J connectivity index is 1.07. The van der Waals surface area contributed by atoms with Crippen molar-refractivity contribution in [1.29, 1.82) is 0 Å². The van der Waals surface area contributed by atoms with Crippen LogP contribution in [0.2, 0.25) is 0 Å². The average molecular weight is 655 g/mol. The van der Waals surface area contributed by atoms with E-state index >= 15 is 0 Å². The van der Waals surface area contributed by atoms with Gasteiger partial charge in [0.1, 0.15) is 11.5 Å². The number of non-ortho nitro benzene ring substituents is 2. The quantitative estimate of drug-likeness (QED) is 0.0385. The maximum Gasteiger partial charge on any atom is 0.269 e. The number of nitro groups is 2. The van der Waals surface area contributed by atoms with Crippen molar-refractivity contribution in [2.45, 2.75) is 0 Å². The summed E-state index contributed by atoms with van der Waals surface area (Å²) >= 11 is 0. The molecule has 0 spiro atoms. The zero-order valence-electron chi connectivity index (χ0n) is 25.4. The molecule has 16 nitrogen and oxygen atoms in total. The summed E-state index contributed by atoms with van der Waals surface area (Å²) in [6, 6.07) is 20.8. The van der Waals surface area contributed by atoms with Gasteiger partial charge in [0, 0.05) is 60.0 Å². The molecule has 0 saturated carbocycles. The van der Waals surface area contributed by atoms with E-state index in [9.17, 15) is 30.4 Å². The molecular weight excluding hydrogens is 624 g/mol. The number of hydrogen-bond donors (Lipinski definition) is 2. The van der Waals surface area contributed by atoms with Gasteiger partial charge in [-0.25, -0.2) is 0 Å². The van der Waals surface area contributed by atoms with Crippen LogP contribution < -0.4 is 0 Å². The van der Waals surface area contributed by atoms with Crippen molar-refractivity contribution in [3.8, 4) is 11.5 Å². The van der Waals surface area contributed by atoms with Crippen molar-refractivity contribution < 1.29 is 29.5 Å². The second kappa shape index (κ2) is 18.0. The first-order valence-electron chi connectivity index (χ1n) is 14.4. The Morgan fingerprint density at radius 1 is 0.542 bits per heavy atom. The Morgan fingerprint density at radius 2 is 0.896 bits per heavy atom. The molecule has 0 aliphatic heterocycles. The van der Waals surface area contributed by atoms with Crippen LogP contribution in [0.15, 0.2) is 115 Å². The molecule has 0 amide bonds. The summed E-state index contributed by atoms with van der Waals surface area (Å²) in [6.45, 7) is 2.23. The van der Waals surface area contributed by atoms with Crippen molar-refractivity contribution in [3.05, 3.63) is 116 Å². The summed E-state index contributed by atoms with van der Waals surface area (Å²) < 4.78 is 11.0. The van der Waals surface area contributed by atoms with Crippen LogP contribution in [0.1, 0.15) is 11.1 Å². The van der Waals surface area contributed by atoms with Crippen LogP contribution in [-0.2, 0) is 9.47 Å². The molecule has 0 unspecified atom stereocenters. The number of aromatic hydroxyl groups is 2. The van der Waals surface area contributed by atoms with Gasteiger partial charge in [-0.2, -0.15) is 20.5 Å². The molecule has 0 bridgehead atoms. The lowest BCUT2D eigenvalue weighted by Crippen LogP contribution is -2.08. The number of aliphatic imine (C=N–C) groups is 2. The van der Waals surface area contributed by atoms with E-state index in [1.54, 1.807) is 24.3 Å². The molecule has 2 N–H and O–H groups in total. The molecule has 4 aromatic rings. The first-order valence-corrected chi connectivity index (χ1v) is 14.4. The van der Waals surface area contributed by atoms with Crippen molar-refractivity contribution in [3.63, 3.8) is 0 Å². The molecule has 0 atom stereocenters. The topological polar surface area (TPSA) is 219 Å². The Bertz CT molecular complexity index is 1680. The van der Waals surface area contributed by atoms with Crippen LogP contribution in [0, 0.1) is 20.2 Å². The summed E-state index contributed by atoms with van der Waals surface area (Å²) in [7, 11) is 0. The van der Waals surface area contributed by atoms with E-state index in [4.69, 9.17) is 9.47 Å². The lowest BCUT2D eigenvalue weighted by molar-refractivity contribution is -0.385. The average Bonchev–Trinajstić information content (AvgIpc) is 3.08. The molecule has 0 aliphatic rings. The third-order valence-electron chi connectivity index (χ3n) is 6.27. The lowest BCUT2D eigenvalue weighted by atomic mass is 10.2. The molecule has 0 aliphatic carbocycles. The van der Waals surface area contributed by atoms with E-state index in [2.05, 4.69) is 30.4 Å². The number of nitrogens with zero attached hydrogens (tertiary/aromatic N) is 8. The Kier molecular flexibility index (Phi) is 13.0. The van der Waals surface area contributed by atoms with Gasteiger partial charge in [-0.15, -0.1) is 0 Å². The second-order valence-electron chi connectivity index (χ2n) is 9.73. The molecule has 0 saturated heterocycles. The summed E-state index contributed by atoms with van der Waals surface area (Å²) in [6.07, 6.45) is 3.06. The highest BCUT2D eigenvalue weighted by atomic mass is 16.6. The minimum Gasteiger partial charge on any atom is -0.507 e. The van der Waals surface area contributed by atoms with E-state index in [-0.39, 0.29) is 22.9 Å². The fraction of sp³-hybridized carbons (Fsp3) is 0.188. The Labute approximate surface area is 273 Å². The highest BCUT2D eigenvalue weighted by Gasteiger charge is 2.05. The van der Waals surface area contributed by atoms with E-state index in [0.717, 1.165) is 0 Å². The number of ether oxygens (including phenoxy) is 2. The normalized spacial score (nSPS) is 11.8. The lowest BCUT2D eigenvalue weighted by Gasteiger charge is -2.04. The highest BCUT2D eigenvalue weighted by molar-refractivity contribution is 5.84. The Morgan fingerprint density at radius 3 is 1.25 bits per heavy atom. The van der Waals surface area contributed by atoms with E-state index in [1.807, 2.05) is 0 Å². The molecule has 4 rings (SSSR count). The van der Waals surface area contributed by atoms with Crippen molar-refractivity contribution in [1.82, 2.24) is 0 Å². The molecule has 4 aromatic carbocycles. The minimum atomic E-state index is -0.495. The SMILES string of the molecule is O=[N+]([O-])c1ccc(N=Nc2ccc(C=NCCOCCOCCN=Cc3ccc(N=Nc4ccc([N+](=O)[O-])cc4)cc3O)c(O)c2)cc1. The molecule has 246 valence electrons. The highest BCUT2D eigenvalue weighted by Crippen LogP contribution is 2.27. The summed E-state index contributed by atoms with van der Waals surface area (Å²) in [4.78, 5) is 29.0. The fourth-order valence-corrected chi connectivity index (χ4v) is 3.80. The van der Waals surface area contributed by atoms with Crippen LogP contribution >= 0.6 is 0 Å². The zero-order valence-corrected chi connectivity index (χ0v) is 25.4. The number of azo groups is 2. The Hall–Kier alpha value is -6.26. The van der Waals surface area contributed by atoms with Crippen LogP contribution in [0.4, 0.5) is 34.1 Å². The van der Waals surface area contributed by atoms with Gasteiger partial charge >= 0.3 is 0 Å². The molecule has 0 radical (unpaired) electrons. The van der Waals surface area contributed by atoms with Crippen LogP contribution in [0.25, 0.3) is 0 Å². The fourth-order valence-electron chi connectivity index (χ4n) is 3.80. The molecule has 0 heterocycles. The first-order chi connectivity index (χ1) is 23.3. The van der Waals surface area contributed by atoms with Gasteiger partial charge in [-0.05, 0) is 48.5 Å². The monoisotopic (exact) mass is 654 g/mol. The summed E-state index contributed by atoms with van der Waals surface area (Å²) in [5.41, 5.74) is 2.63. The smallest absolute Gasteiger partial charge is 0.269 e. The second-order valence-corrected chi connectivity index (χ2v) is 9.73.